The van der Waals surface area contributed by atoms with Gasteiger partial charge in [0.05, 0.1) is 30.8 Å². The summed E-state index contributed by atoms with van der Waals surface area (Å²) in [5.41, 5.74) is 0.351. The maximum Gasteiger partial charge on any atom is 0.251 e. The van der Waals surface area contributed by atoms with Gasteiger partial charge in [-0.1, -0.05) is 13.8 Å². The second-order valence-electron chi connectivity index (χ2n) is 6.64. The molecule has 26 heavy (non-hydrogen) atoms. The molecule has 0 fully saturated rings. The van der Waals surface area contributed by atoms with Crippen LogP contribution in [-0.4, -0.2) is 40.8 Å². The van der Waals surface area contributed by atoms with Gasteiger partial charge in [0.25, 0.3) is 5.91 Å². The molecule has 2 aliphatic rings. The number of hydrogen-bond acceptors (Lipinski definition) is 5. The highest BCUT2D eigenvalue weighted by molar-refractivity contribution is 5.91. The molecule has 0 unspecified atom stereocenters. The minimum absolute atomic E-state index is 0.200. The molecule has 2 heterocycles. The van der Waals surface area contributed by atoms with Crippen molar-refractivity contribution in [1.82, 2.24) is 4.90 Å². The van der Waals surface area contributed by atoms with Gasteiger partial charge in [0, 0.05) is 11.6 Å². The van der Waals surface area contributed by atoms with E-state index in [0.717, 1.165) is 0 Å². The van der Waals surface area contributed by atoms with E-state index in [0.29, 0.717) is 48.6 Å². The number of carbonyl (C=O) groups is 1. The number of rotatable bonds is 5. The van der Waals surface area contributed by atoms with E-state index in [4.69, 9.17) is 9.47 Å². The Kier molecular flexibility index (Phi) is 4.92. The summed E-state index contributed by atoms with van der Waals surface area (Å²) < 4.78 is 11.7. The molecule has 1 aromatic carbocycles. The molecular formula is C20H24N2O4. The van der Waals surface area contributed by atoms with Crippen molar-refractivity contribution < 1.29 is 19.4 Å². The average molecular weight is 356 g/mol. The summed E-state index contributed by atoms with van der Waals surface area (Å²) in [4.78, 5) is 14.2. The summed E-state index contributed by atoms with van der Waals surface area (Å²) in [6.45, 7) is 6.58. The fourth-order valence-corrected chi connectivity index (χ4v) is 3.85. The molecule has 6 nitrogen and oxygen atoms in total. The molecule has 6 heteroatoms. The number of ether oxygens (including phenoxy) is 2. The van der Waals surface area contributed by atoms with E-state index in [9.17, 15) is 15.2 Å². The van der Waals surface area contributed by atoms with E-state index < -0.39 is 17.7 Å². The Hall–Kier alpha value is -2.52. The highest BCUT2D eigenvalue weighted by Crippen LogP contribution is 2.46. The van der Waals surface area contributed by atoms with E-state index in [1.165, 1.54) is 6.08 Å². The van der Waals surface area contributed by atoms with Crippen LogP contribution >= 0.6 is 0 Å². The molecule has 0 saturated carbocycles. The largest absolute Gasteiger partial charge is 0.496 e. The summed E-state index contributed by atoms with van der Waals surface area (Å²) in [5.74, 6) is 1.00. The van der Waals surface area contributed by atoms with Crippen molar-refractivity contribution in [3.63, 3.8) is 0 Å². The van der Waals surface area contributed by atoms with Crippen LogP contribution in [0.5, 0.6) is 5.75 Å². The van der Waals surface area contributed by atoms with Crippen molar-refractivity contribution in [2.45, 2.75) is 51.4 Å². The van der Waals surface area contributed by atoms with Crippen LogP contribution in [0.25, 0.3) is 0 Å². The van der Waals surface area contributed by atoms with Gasteiger partial charge < -0.3 is 19.5 Å². The minimum Gasteiger partial charge on any atom is -0.496 e. The zero-order chi connectivity index (χ0) is 18.9. The zero-order valence-corrected chi connectivity index (χ0v) is 15.4. The molecule has 0 spiro atoms. The van der Waals surface area contributed by atoms with Gasteiger partial charge >= 0.3 is 0 Å². The first-order chi connectivity index (χ1) is 12.5. The van der Waals surface area contributed by atoms with Crippen LogP contribution in [0.15, 0.2) is 30.0 Å². The first-order valence-electron chi connectivity index (χ1n) is 9.04. The molecular weight excluding hydrogens is 332 g/mol. The van der Waals surface area contributed by atoms with Gasteiger partial charge in [-0.05, 0) is 38.0 Å². The van der Waals surface area contributed by atoms with Crippen LogP contribution in [0.3, 0.4) is 0 Å². The van der Waals surface area contributed by atoms with Crippen LogP contribution < -0.4 is 4.74 Å². The van der Waals surface area contributed by atoms with Gasteiger partial charge in [0.1, 0.15) is 23.2 Å². The number of amides is 1. The Labute approximate surface area is 153 Å². The number of aliphatic hydroxyl groups is 1. The van der Waals surface area contributed by atoms with Crippen molar-refractivity contribution in [3.05, 3.63) is 41.2 Å². The minimum atomic E-state index is -0.905. The first-order valence-corrected chi connectivity index (χ1v) is 9.04. The van der Waals surface area contributed by atoms with Gasteiger partial charge in [-0.2, -0.15) is 5.26 Å². The Bertz CT molecular complexity index is 777. The third-order valence-corrected chi connectivity index (χ3v) is 5.37. The molecule has 0 bridgehead atoms. The molecule has 0 radical (unpaired) electrons. The monoisotopic (exact) mass is 356 g/mol. The lowest BCUT2D eigenvalue weighted by atomic mass is 9.79. The number of nitrogens with zero attached hydrogens (tertiary/aromatic N) is 2. The van der Waals surface area contributed by atoms with Crippen LogP contribution in [0, 0.1) is 11.3 Å². The fraction of sp³-hybridized carbons (Fsp3) is 0.500. The standard InChI is InChI=1S/C20H24N2O4/c1-4-20(5-2)19(24)18(22-12-14(25-6-3)10-17(22)23)15-9-13(11-21)7-8-16(15)26-20/h7-10,18-19,24H,4-6,12H2,1-3H3/t18-,19+/m1/s1. The second-order valence-corrected chi connectivity index (χ2v) is 6.64. The predicted molar refractivity (Wildman–Crippen MR) is 95.3 cm³/mol. The quantitative estimate of drug-likeness (QED) is 0.877. The van der Waals surface area contributed by atoms with Crippen molar-refractivity contribution in [2.75, 3.05) is 13.2 Å². The number of aliphatic hydroxyl groups excluding tert-OH is 1. The molecule has 1 amide bonds. The summed E-state index contributed by atoms with van der Waals surface area (Å²) in [6, 6.07) is 6.67. The van der Waals surface area contributed by atoms with Gasteiger partial charge in [-0.15, -0.1) is 0 Å². The molecule has 2 aliphatic heterocycles. The van der Waals surface area contributed by atoms with Crippen molar-refractivity contribution in [3.8, 4) is 11.8 Å². The second kappa shape index (κ2) is 7.00. The molecule has 3 rings (SSSR count). The van der Waals surface area contributed by atoms with Gasteiger partial charge in [-0.25, -0.2) is 0 Å². The molecule has 0 aliphatic carbocycles. The van der Waals surface area contributed by atoms with Crippen molar-refractivity contribution in [1.29, 1.82) is 5.26 Å². The smallest absolute Gasteiger partial charge is 0.251 e. The van der Waals surface area contributed by atoms with E-state index >= 15 is 0 Å². The van der Waals surface area contributed by atoms with Crippen LogP contribution in [0.4, 0.5) is 0 Å². The maximum absolute atomic E-state index is 12.6. The molecule has 1 aromatic rings. The fourth-order valence-electron chi connectivity index (χ4n) is 3.85. The van der Waals surface area contributed by atoms with Crippen LogP contribution in [0.2, 0.25) is 0 Å². The number of nitriles is 1. The summed E-state index contributed by atoms with van der Waals surface area (Å²) in [5, 5.41) is 20.5. The topological polar surface area (TPSA) is 82.8 Å². The van der Waals surface area contributed by atoms with E-state index in [2.05, 4.69) is 6.07 Å². The summed E-state index contributed by atoms with van der Waals surface area (Å²) in [7, 11) is 0. The van der Waals surface area contributed by atoms with Crippen LogP contribution in [0.1, 0.15) is 50.8 Å². The molecule has 2 atom stereocenters. The van der Waals surface area contributed by atoms with Gasteiger partial charge in [0.2, 0.25) is 0 Å². The lowest BCUT2D eigenvalue weighted by molar-refractivity contribution is -0.142. The Morgan fingerprint density at radius 3 is 2.73 bits per heavy atom. The van der Waals surface area contributed by atoms with Crippen molar-refractivity contribution in [2.24, 2.45) is 0 Å². The predicted octanol–water partition coefficient (Wildman–Crippen LogP) is 2.67. The summed E-state index contributed by atoms with van der Waals surface area (Å²) in [6.07, 6.45) is 1.78. The van der Waals surface area contributed by atoms with E-state index in [-0.39, 0.29) is 5.91 Å². The average Bonchev–Trinajstić information content (AvgIpc) is 3.01. The molecule has 0 aromatic heterocycles. The normalized spacial score (nSPS) is 23.7. The Morgan fingerprint density at radius 1 is 1.38 bits per heavy atom. The lowest BCUT2D eigenvalue weighted by Crippen LogP contribution is -2.56. The Balaban J connectivity index is 2.07. The Morgan fingerprint density at radius 2 is 2.12 bits per heavy atom. The van der Waals surface area contributed by atoms with E-state index in [1.807, 2.05) is 20.8 Å². The SMILES string of the molecule is CCOC1=CC(=O)N([C@@H]2c3cc(C#N)ccc3OC(CC)(CC)[C@H]2O)C1. The lowest BCUT2D eigenvalue weighted by Gasteiger charge is -2.48. The molecule has 1 N–H and O–H groups in total. The number of fused-ring (bicyclic) bond motifs is 1. The third kappa shape index (κ3) is 2.82. The first kappa shape index (κ1) is 18.3. The molecule has 0 saturated heterocycles. The number of hydrogen-bond donors (Lipinski definition) is 1. The van der Waals surface area contributed by atoms with Crippen LogP contribution in [-0.2, 0) is 9.53 Å². The van der Waals surface area contributed by atoms with E-state index in [1.54, 1.807) is 23.1 Å². The zero-order valence-electron chi connectivity index (χ0n) is 15.4. The van der Waals surface area contributed by atoms with Gasteiger partial charge in [0.15, 0.2) is 0 Å². The number of carbonyl (C=O) groups excluding carboxylic acids is 1. The third-order valence-electron chi connectivity index (χ3n) is 5.37. The maximum atomic E-state index is 12.6. The van der Waals surface area contributed by atoms with Crippen molar-refractivity contribution >= 4 is 5.91 Å². The highest BCUT2D eigenvalue weighted by Gasteiger charge is 2.51. The highest BCUT2D eigenvalue weighted by atomic mass is 16.5. The summed E-state index contributed by atoms with van der Waals surface area (Å²) >= 11 is 0. The van der Waals surface area contributed by atoms with Gasteiger partial charge in [-0.3, -0.25) is 4.79 Å². The number of benzene rings is 1. The molecule has 138 valence electrons.